The summed E-state index contributed by atoms with van der Waals surface area (Å²) in [6.07, 6.45) is 0. The van der Waals surface area contributed by atoms with E-state index in [-0.39, 0.29) is 0 Å². The summed E-state index contributed by atoms with van der Waals surface area (Å²) < 4.78 is 4.81. The Labute approximate surface area is 81.1 Å². The summed E-state index contributed by atoms with van der Waals surface area (Å²) in [7, 11) is 3.45. The Bertz CT molecular complexity index is 127. The standard InChI is InChI=1S/C4H10N4O.2C2H6/c1-8-6-4(3-9-2)5-7-8;2*1-2/h7H,3H2,1-2H3,(H,5,6);2*1-2H3. The van der Waals surface area contributed by atoms with Gasteiger partial charge in [0.05, 0.1) is 0 Å². The molecule has 80 valence electrons. The number of amidine groups is 1. The molecule has 0 saturated heterocycles. The minimum absolute atomic E-state index is 0.511. The Balaban J connectivity index is 0. The van der Waals surface area contributed by atoms with Crippen LogP contribution in [-0.2, 0) is 4.74 Å². The molecule has 0 aromatic heterocycles. The Kier molecular flexibility index (Phi) is 12.7. The first-order valence-corrected chi connectivity index (χ1v) is 4.64. The fraction of sp³-hybridized carbons (Fsp3) is 0.875. The Hall–Kier alpha value is -0.810. The minimum atomic E-state index is 0.511. The van der Waals surface area contributed by atoms with Gasteiger partial charge in [0.15, 0.2) is 5.84 Å². The van der Waals surface area contributed by atoms with Crippen LogP contribution in [0.5, 0.6) is 0 Å². The molecule has 1 aliphatic heterocycles. The van der Waals surface area contributed by atoms with Crippen molar-refractivity contribution in [3.63, 3.8) is 0 Å². The van der Waals surface area contributed by atoms with Gasteiger partial charge < -0.3 is 4.74 Å². The first-order chi connectivity index (χ1) is 6.33. The third-order valence-electron chi connectivity index (χ3n) is 0.913. The van der Waals surface area contributed by atoms with Gasteiger partial charge in [-0.25, -0.2) is 5.53 Å². The van der Waals surface area contributed by atoms with E-state index in [1.165, 1.54) is 0 Å². The SMILES string of the molecule is CC.CC.COCC1=NNN(C)N1. The van der Waals surface area contributed by atoms with Gasteiger partial charge in [-0.1, -0.05) is 27.7 Å². The number of hydrogen-bond acceptors (Lipinski definition) is 5. The van der Waals surface area contributed by atoms with Crippen LogP contribution in [0.2, 0.25) is 0 Å². The summed E-state index contributed by atoms with van der Waals surface area (Å²) in [4.78, 5) is 0. The Morgan fingerprint density at radius 2 is 1.85 bits per heavy atom. The average Bonchev–Trinajstić information content (AvgIpc) is 2.59. The molecule has 5 heteroatoms. The van der Waals surface area contributed by atoms with Crippen LogP contribution in [0, 0.1) is 0 Å². The van der Waals surface area contributed by atoms with Crippen LogP contribution in [0.15, 0.2) is 5.10 Å². The first kappa shape index (κ1) is 14.7. The topological polar surface area (TPSA) is 48.9 Å². The van der Waals surface area contributed by atoms with Gasteiger partial charge in [-0.3, -0.25) is 5.43 Å². The molecule has 0 aromatic carbocycles. The summed E-state index contributed by atoms with van der Waals surface area (Å²) in [5.74, 6) is 0.792. The second kappa shape index (κ2) is 11.2. The number of hydrogen-bond donors (Lipinski definition) is 2. The zero-order chi connectivity index (χ0) is 10.7. The van der Waals surface area contributed by atoms with Gasteiger partial charge in [-0.2, -0.15) is 0 Å². The van der Waals surface area contributed by atoms with Crippen LogP contribution in [-0.4, -0.2) is 31.7 Å². The number of hydrazine groups is 2. The van der Waals surface area contributed by atoms with E-state index in [1.54, 1.807) is 12.2 Å². The van der Waals surface area contributed by atoms with Gasteiger partial charge in [-0.15, -0.1) is 10.2 Å². The summed E-state index contributed by atoms with van der Waals surface area (Å²) in [6, 6.07) is 0. The van der Waals surface area contributed by atoms with Crippen molar-refractivity contribution in [2.24, 2.45) is 5.10 Å². The van der Waals surface area contributed by atoms with E-state index < -0.39 is 0 Å². The average molecular weight is 190 g/mol. The molecule has 0 amide bonds. The van der Waals surface area contributed by atoms with Gasteiger partial charge in [0.1, 0.15) is 6.61 Å². The molecule has 2 N–H and O–H groups in total. The predicted octanol–water partition coefficient (Wildman–Crippen LogP) is 0.953. The highest BCUT2D eigenvalue weighted by molar-refractivity contribution is 5.83. The van der Waals surface area contributed by atoms with Gasteiger partial charge in [0.25, 0.3) is 0 Å². The molecule has 0 unspecified atom stereocenters. The van der Waals surface area contributed by atoms with Crippen LogP contribution in [0.1, 0.15) is 27.7 Å². The summed E-state index contributed by atoms with van der Waals surface area (Å²) in [6.45, 7) is 8.51. The molecule has 0 bridgehead atoms. The number of nitrogens with one attached hydrogen (secondary N) is 2. The maximum Gasteiger partial charge on any atom is 0.165 e. The fourth-order valence-electron chi connectivity index (χ4n) is 0.580. The molecule has 0 saturated carbocycles. The Morgan fingerprint density at radius 1 is 1.31 bits per heavy atom. The molecule has 1 aliphatic rings. The Morgan fingerprint density at radius 3 is 2.15 bits per heavy atom. The number of ether oxygens (including phenoxy) is 1. The van der Waals surface area contributed by atoms with E-state index in [1.807, 2.05) is 34.7 Å². The van der Waals surface area contributed by atoms with Crippen LogP contribution < -0.4 is 11.0 Å². The molecule has 13 heavy (non-hydrogen) atoms. The summed E-state index contributed by atoms with van der Waals surface area (Å²) in [5, 5.41) is 5.51. The normalized spacial score (nSPS) is 13.8. The zero-order valence-electron chi connectivity index (χ0n) is 9.51. The monoisotopic (exact) mass is 190 g/mol. The number of rotatable bonds is 2. The van der Waals surface area contributed by atoms with Crippen LogP contribution in [0.25, 0.3) is 0 Å². The molecule has 0 radical (unpaired) electrons. The van der Waals surface area contributed by atoms with Crippen LogP contribution >= 0.6 is 0 Å². The molecule has 0 aromatic rings. The summed E-state index contributed by atoms with van der Waals surface area (Å²) >= 11 is 0. The van der Waals surface area contributed by atoms with Crippen molar-refractivity contribution < 1.29 is 4.74 Å². The van der Waals surface area contributed by atoms with E-state index in [0.717, 1.165) is 5.84 Å². The highest BCUT2D eigenvalue weighted by atomic mass is 16.5. The molecule has 0 spiro atoms. The molecule has 1 heterocycles. The lowest BCUT2D eigenvalue weighted by Gasteiger charge is -2.06. The van der Waals surface area contributed by atoms with E-state index >= 15 is 0 Å². The molecule has 0 atom stereocenters. The third-order valence-corrected chi connectivity index (χ3v) is 0.913. The van der Waals surface area contributed by atoms with Crippen molar-refractivity contribution in [2.75, 3.05) is 20.8 Å². The fourth-order valence-corrected chi connectivity index (χ4v) is 0.580. The van der Waals surface area contributed by atoms with Crippen molar-refractivity contribution >= 4 is 5.84 Å². The first-order valence-electron chi connectivity index (χ1n) is 4.64. The molecular weight excluding hydrogens is 168 g/mol. The highest BCUT2D eigenvalue weighted by Crippen LogP contribution is 1.82. The number of nitrogens with zero attached hydrogens (tertiary/aromatic N) is 2. The second-order valence-corrected chi connectivity index (χ2v) is 1.76. The summed E-state index contributed by atoms with van der Waals surface area (Å²) in [5.41, 5.74) is 5.59. The van der Waals surface area contributed by atoms with Crippen molar-refractivity contribution in [1.82, 2.24) is 16.1 Å². The largest absolute Gasteiger partial charge is 0.377 e. The zero-order valence-corrected chi connectivity index (χ0v) is 9.51. The van der Waals surface area contributed by atoms with Gasteiger partial charge in [0.2, 0.25) is 0 Å². The maximum atomic E-state index is 4.81. The lowest BCUT2D eigenvalue weighted by atomic mass is 10.7. The van der Waals surface area contributed by atoms with Crippen LogP contribution in [0.4, 0.5) is 0 Å². The lowest BCUT2D eigenvalue weighted by molar-refractivity contribution is 0.217. The van der Waals surface area contributed by atoms with E-state index in [4.69, 9.17) is 4.74 Å². The molecule has 5 nitrogen and oxygen atoms in total. The number of methoxy groups -OCH3 is 1. The van der Waals surface area contributed by atoms with Gasteiger partial charge in [-0.05, 0) is 0 Å². The van der Waals surface area contributed by atoms with Crippen LogP contribution in [0.3, 0.4) is 0 Å². The van der Waals surface area contributed by atoms with E-state index in [2.05, 4.69) is 16.1 Å². The molecule has 1 rings (SSSR count). The van der Waals surface area contributed by atoms with Crippen molar-refractivity contribution in [3.05, 3.63) is 0 Å². The maximum absolute atomic E-state index is 4.81. The van der Waals surface area contributed by atoms with Crippen molar-refractivity contribution in [2.45, 2.75) is 27.7 Å². The number of hydrazone groups is 1. The van der Waals surface area contributed by atoms with E-state index in [0.29, 0.717) is 6.61 Å². The molecule has 0 aliphatic carbocycles. The lowest BCUT2D eigenvalue weighted by Crippen LogP contribution is -2.38. The second-order valence-electron chi connectivity index (χ2n) is 1.76. The third kappa shape index (κ3) is 7.55. The van der Waals surface area contributed by atoms with Gasteiger partial charge >= 0.3 is 0 Å². The van der Waals surface area contributed by atoms with E-state index in [9.17, 15) is 0 Å². The minimum Gasteiger partial charge on any atom is -0.377 e. The molecular formula is C8H22N4O. The highest BCUT2D eigenvalue weighted by Gasteiger charge is 2.07. The van der Waals surface area contributed by atoms with Crippen molar-refractivity contribution in [3.8, 4) is 0 Å². The van der Waals surface area contributed by atoms with Gasteiger partial charge in [0, 0.05) is 14.2 Å². The quantitative estimate of drug-likeness (QED) is 0.681. The predicted molar refractivity (Wildman–Crippen MR) is 56.0 cm³/mol. The smallest absolute Gasteiger partial charge is 0.165 e. The molecule has 0 fully saturated rings. The van der Waals surface area contributed by atoms with Crippen molar-refractivity contribution in [1.29, 1.82) is 0 Å².